The van der Waals surface area contributed by atoms with Gasteiger partial charge in [0.1, 0.15) is 5.82 Å². The van der Waals surface area contributed by atoms with Crippen molar-refractivity contribution in [3.8, 4) is 11.4 Å². The summed E-state index contributed by atoms with van der Waals surface area (Å²) in [5.74, 6) is 0.530. The molecule has 0 radical (unpaired) electrons. The Morgan fingerprint density at radius 1 is 1.11 bits per heavy atom. The summed E-state index contributed by atoms with van der Waals surface area (Å²) in [4.78, 5) is 28.4. The van der Waals surface area contributed by atoms with Crippen molar-refractivity contribution in [1.29, 1.82) is 0 Å². The number of anilines is 1. The fourth-order valence-corrected chi connectivity index (χ4v) is 2.97. The van der Waals surface area contributed by atoms with Gasteiger partial charge < -0.3 is 10.4 Å². The predicted octanol–water partition coefficient (Wildman–Crippen LogP) is 3.23. The quantitative estimate of drug-likeness (QED) is 0.624. The molecule has 0 atom stereocenters. The first kappa shape index (κ1) is 17.0. The second-order valence-corrected chi connectivity index (χ2v) is 6.55. The topological polar surface area (TPSA) is 108 Å². The molecule has 1 fully saturated rings. The van der Waals surface area contributed by atoms with Gasteiger partial charge in [-0.15, -0.1) is 0 Å². The van der Waals surface area contributed by atoms with Crippen molar-refractivity contribution in [2.75, 3.05) is 5.32 Å². The third-order valence-corrected chi connectivity index (χ3v) is 4.51. The molecule has 0 unspecified atom stereocenters. The van der Waals surface area contributed by atoms with Crippen LogP contribution < -0.4 is 5.32 Å². The van der Waals surface area contributed by atoms with Crippen molar-refractivity contribution in [2.24, 2.45) is 0 Å². The molecule has 1 aliphatic rings. The van der Waals surface area contributed by atoms with E-state index in [4.69, 9.17) is 0 Å². The van der Waals surface area contributed by atoms with Crippen LogP contribution in [-0.4, -0.2) is 32.2 Å². The van der Waals surface area contributed by atoms with E-state index in [1.807, 2.05) is 18.2 Å². The van der Waals surface area contributed by atoms with E-state index in [2.05, 4.69) is 20.5 Å². The van der Waals surface area contributed by atoms with Crippen molar-refractivity contribution in [1.82, 2.24) is 15.2 Å². The van der Waals surface area contributed by atoms with Crippen LogP contribution in [0.25, 0.3) is 11.4 Å². The number of aromatic carboxylic acids is 1. The molecule has 1 amide bonds. The number of aromatic amines is 1. The Morgan fingerprint density at radius 2 is 1.85 bits per heavy atom. The van der Waals surface area contributed by atoms with Gasteiger partial charge in [0.25, 0.3) is 0 Å². The standard InChI is InChI=1S/C20H18N4O3/c25-17(11-13-5-1-2-6-14(13)20(26)27)21-16-8-4-3-7-15(16)19-22-18(23-24-19)12-9-10-12/h1-8,12H,9-11H2,(H,21,25)(H,26,27)(H,22,23,24). The summed E-state index contributed by atoms with van der Waals surface area (Å²) in [5, 5.41) is 19.4. The van der Waals surface area contributed by atoms with Gasteiger partial charge in [0.05, 0.1) is 17.7 Å². The highest BCUT2D eigenvalue weighted by Gasteiger charge is 2.27. The minimum absolute atomic E-state index is 0.0296. The molecule has 3 aromatic rings. The zero-order valence-electron chi connectivity index (χ0n) is 14.5. The molecule has 27 heavy (non-hydrogen) atoms. The number of benzene rings is 2. The van der Waals surface area contributed by atoms with E-state index in [-0.39, 0.29) is 17.9 Å². The molecule has 4 rings (SSSR count). The Kier molecular flexibility index (Phi) is 4.42. The smallest absolute Gasteiger partial charge is 0.335 e. The Morgan fingerprint density at radius 3 is 2.63 bits per heavy atom. The predicted molar refractivity (Wildman–Crippen MR) is 99.5 cm³/mol. The minimum Gasteiger partial charge on any atom is -0.478 e. The van der Waals surface area contributed by atoms with Gasteiger partial charge in [-0.2, -0.15) is 5.10 Å². The van der Waals surface area contributed by atoms with Gasteiger partial charge in [-0.25, -0.2) is 9.78 Å². The van der Waals surface area contributed by atoms with Crippen LogP contribution in [-0.2, 0) is 11.2 Å². The summed E-state index contributed by atoms with van der Waals surface area (Å²) in [5.41, 5.74) is 1.91. The molecule has 7 nitrogen and oxygen atoms in total. The molecule has 136 valence electrons. The highest BCUT2D eigenvalue weighted by atomic mass is 16.4. The number of nitrogens with zero attached hydrogens (tertiary/aromatic N) is 2. The molecule has 7 heteroatoms. The molecule has 1 heterocycles. The number of H-pyrrole nitrogens is 1. The van der Waals surface area contributed by atoms with E-state index >= 15 is 0 Å². The lowest BCUT2D eigenvalue weighted by Gasteiger charge is -2.10. The van der Waals surface area contributed by atoms with Crippen LogP contribution in [0.4, 0.5) is 5.69 Å². The van der Waals surface area contributed by atoms with Crippen LogP contribution in [0.15, 0.2) is 48.5 Å². The van der Waals surface area contributed by atoms with E-state index in [0.29, 0.717) is 23.0 Å². The molecule has 0 aliphatic heterocycles. The third-order valence-electron chi connectivity index (χ3n) is 4.51. The first-order valence-corrected chi connectivity index (χ1v) is 8.74. The maximum absolute atomic E-state index is 12.5. The molecule has 0 saturated heterocycles. The van der Waals surface area contributed by atoms with Crippen LogP contribution in [0.1, 0.15) is 40.5 Å². The Labute approximate surface area is 155 Å². The van der Waals surface area contributed by atoms with Crippen molar-refractivity contribution >= 4 is 17.6 Å². The van der Waals surface area contributed by atoms with Gasteiger partial charge in [-0.1, -0.05) is 30.3 Å². The van der Waals surface area contributed by atoms with Gasteiger partial charge in [0, 0.05) is 11.5 Å². The van der Waals surface area contributed by atoms with Crippen LogP contribution in [0.2, 0.25) is 0 Å². The van der Waals surface area contributed by atoms with Gasteiger partial charge in [-0.05, 0) is 36.6 Å². The van der Waals surface area contributed by atoms with E-state index in [1.165, 1.54) is 6.07 Å². The number of para-hydroxylation sites is 1. The fraction of sp³-hybridized carbons (Fsp3) is 0.200. The number of carboxylic acids is 1. The lowest BCUT2D eigenvalue weighted by molar-refractivity contribution is -0.115. The van der Waals surface area contributed by atoms with Crippen LogP contribution in [0.5, 0.6) is 0 Å². The highest BCUT2D eigenvalue weighted by molar-refractivity contribution is 5.98. The number of rotatable bonds is 6. The second-order valence-electron chi connectivity index (χ2n) is 6.55. The summed E-state index contributed by atoms with van der Waals surface area (Å²) in [6.45, 7) is 0. The lowest BCUT2D eigenvalue weighted by atomic mass is 10.0. The molecule has 3 N–H and O–H groups in total. The maximum Gasteiger partial charge on any atom is 0.335 e. The number of amides is 1. The van der Waals surface area contributed by atoms with Gasteiger partial charge in [-0.3, -0.25) is 9.89 Å². The van der Waals surface area contributed by atoms with Crippen LogP contribution in [0.3, 0.4) is 0 Å². The number of aromatic nitrogens is 3. The Balaban J connectivity index is 1.54. The molecular formula is C20H18N4O3. The van der Waals surface area contributed by atoms with E-state index in [9.17, 15) is 14.7 Å². The number of nitrogens with one attached hydrogen (secondary N) is 2. The Bertz CT molecular complexity index is 1010. The molecule has 1 aromatic heterocycles. The van der Waals surface area contributed by atoms with Crippen molar-refractivity contribution < 1.29 is 14.7 Å². The number of hydrogen-bond donors (Lipinski definition) is 3. The summed E-state index contributed by atoms with van der Waals surface area (Å²) in [7, 11) is 0. The van der Waals surface area contributed by atoms with E-state index in [0.717, 1.165) is 24.2 Å². The molecular weight excluding hydrogens is 344 g/mol. The van der Waals surface area contributed by atoms with E-state index < -0.39 is 5.97 Å². The van der Waals surface area contributed by atoms with Crippen molar-refractivity contribution in [3.05, 3.63) is 65.5 Å². The summed E-state index contributed by atoms with van der Waals surface area (Å²) >= 11 is 0. The number of carbonyl (C=O) groups is 2. The first-order valence-electron chi connectivity index (χ1n) is 8.74. The third kappa shape index (κ3) is 3.72. The first-order chi connectivity index (χ1) is 13.1. The Hall–Kier alpha value is -3.48. The maximum atomic E-state index is 12.5. The largest absolute Gasteiger partial charge is 0.478 e. The van der Waals surface area contributed by atoms with Crippen LogP contribution >= 0.6 is 0 Å². The van der Waals surface area contributed by atoms with Crippen molar-refractivity contribution in [2.45, 2.75) is 25.2 Å². The minimum atomic E-state index is -1.05. The average molecular weight is 362 g/mol. The summed E-state index contributed by atoms with van der Waals surface area (Å²) in [6.07, 6.45) is 2.21. The number of hydrogen-bond acceptors (Lipinski definition) is 4. The van der Waals surface area contributed by atoms with Gasteiger partial charge in [0.2, 0.25) is 5.91 Å². The highest BCUT2D eigenvalue weighted by Crippen LogP contribution is 2.38. The summed E-state index contributed by atoms with van der Waals surface area (Å²) < 4.78 is 0. The number of carbonyl (C=O) groups excluding carboxylic acids is 1. The molecule has 0 bridgehead atoms. The second kappa shape index (κ2) is 7.03. The molecule has 0 spiro atoms. The average Bonchev–Trinajstić information content (AvgIpc) is 3.40. The van der Waals surface area contributed by atoms with Gasteiger partial charge >= 0.3 is 5.97 Å². The molecule has 1 aliphatic carbocycles. The van der Waals surface area contributed by atoms with Crippen molar-refractivity contribution in [3.63, 3.8) is 0 Å². The molecule has 1 saturated carbocycles. The van der Waals surface area contributed by atoms with Gasteiger partial charge in [0.15, 0.2) is 5.82 Å². The molecule has 2 aromatic carbocycles. The lowest BCUT2D eigenvalue weighted by Crippen LogP contribution is -2.17. The fourth-order valence-electron chi connectivity index (χ4n) is 2.97. The summed E-state index contributed by atoms with van der Waals surface area (Å²) in [6, 6.07) is 13.8. The normalized spacial score (nSPS) is 13.3. The number of carboxylic acid groups (broad SMARTS) is 1. The zero-order valence-corrected chi connectivity index (χ0v) is 14.5. The SMILES string of the molecule is O=C(Cc1ccccc1C(=O)O)Nc1ccccc1-c1n[nH]c(C2CC2)n1. The van der Waals surface area contributed by atoms with Crippen LogP contribution in [0, 0.1) is 0 Å². The zero-order chi connectivity index (χ0) is 18.8. The van der Waals surface area contributed by atoms with E-state index in [1.54, 1.807) is 24.3 Å². The monoisotopic (exact) mass is 362 g/mol.